The highest BCUT2D eigenvalue weighted by Crippen LogP contribution is 2.36. The van der Waals surface area contributed by atoms with Crippen molar-refractivity contribution in [1.82, 2.24) is 0 Å². The third-order valence-electron chi connectivity index (χ3n) is 3.71. The van der Waals surface area contributed by atoms with Crippen molar-refractivity contribution in [2.45, 2.75) is 38.0 Å². The predicted octanol–water partition coefficient (Wildman–Crippen LogP) is 3.40. The molecule has 0 aliphatic rings. The lowest BCUT2D eigenvalue weighted by atomic mass is 10.0. The van der Waals surface area contributed by atoms with E-state index in [1.807, 2.05) is 0 Å². The van der Waals surface area contributed by atoms with Crippen molar-refractivity contribution in [3.8, 4) is 11.1 Å². The molecule has 0 radical (unpaired) electrons. The molecule has 2 rings (SSSR count). The molecule has 24 heavy (non-hydrogen) atoms. The smallest absolute Gasteiger partial charge is 0.238 e. The summed E-state index contributed by atoms with van der Waals surface area (Å²) < 4.78 is 29.3. The summed E-state index contributed by atoms with van der Waals surface area (Å²) in [5, 5.41) is 8.62. The summed E-state index contributed by atoms with van der Waals surface area (Å²) in [7, 11) is -4.01. The zero-order valence-electron chi connectivity index (χ0n) is 13.8. The van der Waals surface area contributed by atoms with E-state index in [9.17, 15) is 13.2 Å². The number of sulfonamides is 1. The summed E-state index contributed by atoms with van der Waals surface area (Å²) in [4.78, 5) is 12.0. The quantitative estimate of drug-likeness (QED) is 0.561. The molecule has 0 saturated carbocycles. The molecule has 7 heteroatoms. The summed E-state index contributed by atoms with van der Waals surface area (Å²) in [6.07, 6.45) is 5.11. The fourth-order valence-corrected chi connectivity index (χ4v) is 3.25. The number of carbonyl (C=O) groups is 1. The van der Waals surface area contributed by atoms with Gasteiger partial charge in [-0.15, -0.1) is 0 Å². The number of anilines is 1. The van der Waals surface area contributed by atoms with Crippen molar-refractivity contribution in [3.63, 3.8) is 0 Å². The van der Waals surface area contributed by atoms with Gasteiger partial charge in [-0.1, -0.05) is 20.3 Å². The average molecular weight is 350 g/mol. The van der Waals surface area contributed by atoms with Crippen molar-refractivity contribution in [1.29, 1.82) is 0 Å². The molecule has 0 aliphatic heterocycles. The Morgan fingerprint density at radius 1 is 1.29 bits per heavy atom. The Bertz CT molecular complexity index is 811. The molecule has 1 heterocycles. The van der Waals surface area contributed by atoms with E-state index >= 15 is 0 Å². The zero-order valence-corrected chi connectivity index (χ0v) is 14.7. The van der Waals surface area contributed by atoms with Crippen LogP contribution in [0, 0.1) is 0 Å². The number of Topliss-reactive ketones (excluding diaryl/α,β-unsaturated/α-hetero) is 1. The van der Waals surface area contributed by atoms with Gasteiger partial charge in [-0.2, -0.15) is 0 Å². The minimum absolute atomic E-state index is 0.0813. The van der Waals surface area contributed by atoms with Crippen LogP contribution >= 0.6 is 0 Å². The molecule has 0 spiro atoms. The van der Waals surface area contributed by atoms with Crippen LogP contribution in [-0.2, 0) is 10.0 Å². The lowest BCUT2D eigenvalue weighted by Gasteiger charge is -2.16. The molecular formula is C17H22N2O4S. The summed E-state index contributed by atoms with van der Waals surface area (Å²) in [6.45, 7) is 4.45. The van der Waals surface area contributed by atoms with Crippen molar-refractivity contribution in [2.75, 3.05) is 11.9 Å². The molecule has 0 unspecified atom stereocenters. The van der Waals surface area contributed by atoms with E-state index in [0.717, 1.165) is 12.8 Å². The monoisotopic (exact) mass is 350 g/mol. The first-order valence-electron chi connectivity index (χ1n) is 7.89. The van der Waals surface area contributed by atoms with Crippen molar-refractivity contribution in [3.05, 3.63) is 36.3 Å². The van der Waals surface area contributed by atoms with Crippen LogP contribution in [0.4, 0.5) is 5.69 Å². The number of ketones is 1. The van der Waals surface area contributed by atoms with Gasteiger partial charge in [0.05, 0.1) is 17.4 Å². The molecule has 130 valence electrons. The maximum Gasteiger partial charge on any atom is 0.238 e. The Balaban J connectivity index is 2.69. The van der Waals surface area contributed by atoms with Crippen LogP contribution < -0.4 is 10.5 Å². The Kier molecular flexibility index (Phi) is 5.80. The first kappa shape index (κ1) is 18.2. The van der Waals surface area contributed by atoms with Gasteiger partial charge in [0.15, 0.2) is 5.78 Å². The number of rotatable bonds is 8. The standard InChI is InChI=1S/C17H22N2O4S/c1-3-5-7-19-14-9-13(15(20)4-2)10-16(24(18,21)22)17(14)12-6-8-23-11-12/h6,8-11,19H,3-5,7H2,1-2H3,(H2,18,21,22). The molecule has 0 saturated heterocycles. The minimum Gasteiger partial charge on any atom is -0.472 e. The molecular weight excluding hydrogens is 328 g/mol. The Hall–Kier alpha value is -2.12. The zero-order chi connectivity index (χ0) is 17.7. The first-order valence-corrected chi connectivity index (χ1v) is 9.43. The molecule has 0 amide bonds. The van der Waals surface area contributed by atoms with Crippen LogP contribution in [-0.4, -0.2) is 20.7 Å². The molecule has 1 aromatic carbocycles. The summed E-state index contributed by atoms with van der Waals surface area (Å²) in [5.74, 6) is -0.141. The second-order valence-corrected chi connectivity index (χ2v) is 7.04. The Morgan fingerprint density at radius 3 is 2.58 bits per heavy atom. The maximum atomic E-state index is 12.1. The highest BCUT2D eigenvalue weighted by atomic mass is 32.2. The summed E-state index contributed by atoms with van der Waals surface area (Å²) >= 11 is 0. The number of unbranched alkanes of at least 4 members (excludes halogenated alkanes) is 1. The number of nitrogens with two attached hydrogens (primary N) is 1. The van der Waals surface area contributed by atoms with Gasteiger partial charge in [0.1, 0.15) is 0 Å². The predicted molar refractivity (Wildman–Crippen MR) is 93.5 cm³/mol. The molecule has 0 atom stereocenters. The van der Waals surface area contributed by atoms with Gasteiger partial charge in [-0.25, -0.2) is 13.6 Å². The molecule has 6 nitrogen and oxygen atoms in total. The Labute approximate surface area is 142 Å². The summed E-state index contributed by atoms with van der Waals surface area (Å²) in [5.41, 5.74) is 1.91. The van der Waals surface area contributed by atoms with E-state index in [4.69, 9.17) is 9.56 Å². The van der Waals surface area contributed by atoms with E-state index in [1.165, 1.54) is 18.6 Å². The van der Waals surface area contributed by atoms with Gasteiger partial charge in [0.2, 0.25) is 10.0 Å². The van der Waals surface area contributed by atoms with Crippen molar-refractivity contribution < 1.29 is 17.6 Å². The minimum atomic E-state index is -4.01. The van der Waals surface area contributed by atoms with Crippen LogP contribution in [0.25, 0.3) is 11.1 Å². The number of nitrogens with one attached hydrogen (secondary N) is 1. The lowest BCUT2D eigenvalue weighted by molar-refractivity contribution is 0.0988. The molecule has 0 bridgehead atoms. The van der Waals surface area contributed by atoms with Gasteiger partial charge in [-0.3, -0.25) is 4.79 Å². The second-order valence-electron chi connectivity index (χ2n) is 5.51. The number of carbonyl (C=O) groups excluding carboxylic acids is 1. The molecule has 2 aromatic rings. The third-order valence-corrected chi connectivity index (χ3v) is 4.64. The second kappa shape index (κ2) is 7.63. The SMILES string of the molecule is CCCCNc1cc(C(=O)CC)cc(S(N)(=O)=O)c1-c1ccoc1. The number of primary sulfonamides is 1. The topological polar surface area (TPSA) is 102 Å². The van der Waals surface area contributed by atoms with Crippen molar-refractivity contribution in [2.24, 2.45) is 5.14 Å². The van der Waals surface area contributed by atoms with Crippen LogP contribution in [0.3, 0.4) is 0 Å². The van der Waals surface area contributed by atoms with Crippen LogP contribution in [0.5, 0.6) is 0 Å². The average Bonchev–Trinajstić information content (AvgIpc) is 3.06. The van der Waals surface area contributed by atoms with Crippen molar-refractivity contribution >= 4 is 21.5 Å². The largest absolute Gasteiger partial charge is 0.472 e. The van der Waals surface area contributed by atoms with Gasteiger partial charge < -0.3 is 9.73 Å². The van der Waals surface area contributed by atoms with Gasteiger partial charge >= 0.3 is 0 Å². The highest BCUT2D eigenvalue weighted by Gasteiger charge is 2.22. The lowest BCUT2D eigenvalue weighted by Crippen LogP contribution is -2.16. The fourth-order valence-electron chi connectivity index (χ4n) is 2.45. The number of hydrogen-bond acceptors (Lipinski definition) is 5. The Morgan fingerprint density at radius 2 is 2.04 bits per heavy atom. The fraction of sp³-hybridized carbons (Fsp3) is 0.353. The van der Waals surface area contributed by atoms with Crippen LogP contribution in [0.2, 0.25) is 0 Å². The number of furan rings is 1. The van der Waals surface area contributed by atoms with E-state index in [1.54, 1.807) is 19.1 Å². The third kappa shape index (κ3) is 4.04. The highest BCUT2D eigenvalue weighted by molar-refractivity contribution is 7.89. The van der Waals surface area contributed by atoms with Gasteiger partial charge in [0, 0.05) is 35.3 Å². The van der Waals surface area contributed by atoms with Gasteiger partial charge in [-0.05, 0) is 24.6 Å². The molecule has 1 aromatic heterocycles. The maximum absolute atomic E-state index is 12.1. The molecule has 0 aliphatic carbocycles. The number of hydrogen-bond donors (Lipinski definition) is 2. The van der Waals surface area contributed by atoms with E-state index in [0.29, 0.717) is 28.9 Å². The first-order chi connectivity index (χ1) is 11.4. The van der Waals surface area contributed by atoms with E-state index in [-0.39, 0.29) is 17.1 Å². The van der Waals surface area contributed by atoms with Gasteiger partial charge in [0.25, 0.3) is 0 Å². The molecule has 3 N–H and O–H groups in total. The van der Waals surface area contributed by atoms with Crippen LogP contribution in [0.1, 0.15) is 43.5 Å². The van der Waals surface area contributed by atoms with E-state index < -0.39 is 10.0 Å². The summed E-state index contributed by atoms with van der Waals surface area (Å²) in [6, 6.07) is 4.68. The molecule has 0 fully saturated rings. The van der Waals surface area contributed by atoms with E-state index in [2.05, 4.69) is 12.2 Å². The van der Waals surface area contributed by atoms with Crippen LogP contribution in [0.15, 0.2) is 40.0 Å². The normalized spacial score (nSPS) is 11.5. The number of benzene rings is 1.